The van der Waals surface area contributed by atoms with Crippen LogP contribution in [0.3, 0.4) is 0 Å². The third-order valence-corrected chi connectivity index (χ3v) is 5.74. The molecule has 0 bridgehead atoms. The van der Waals surface area contributed by atoms with Crippen molar-refractivity contribution in [2.45, 2.75) is 18.2 Å². The van der Waals surface area contributed by atoms with E-state index in [2.05, 4.69) is 10.2 Å². The molecule has 1 aliphatic heterocycles. The number of nitrogens with zero attached hydrogens (tertiary/aromatic N) is 4. The van der Waals surface area contributed by atoms with Gasteiger partial charge in [0.1, 0.15) is 12.4 Å². The molecule has 29 heavy (non-hydrogen) atoms. The molecule has 1 atom stereocenters. The van der Waals surface area contributed by atoms with E-state index in [0.717, 1.165) is 17.1 Å². The predicted octanol–water partition coefficient (Wildman–Crippen LogP) is 2.77. The van der Waals surface area contributed by atoms with Gasteiger partial charge in [0, 0.05) is 14.1 Å². The zero-order valence-corrected chi connectivity index (χ0v) is 17.3. The summed E-state index contributed by atoms with van der Waals surface area (Å²) in [6, 6.07) is 9.40. The molecule has 4 rings (SSSR count). The zero-order chi connectivity index (χ0) is 20.4. The van der Waals surface area contributed by atoms with Gasteiger partial charge in [-0.05, 0) is 25.1 Å². The second-order valence-corrected chi connectivity index (χ2v) is 7.76. The van der Waals surface area contributed by atoms with Crippen LogP contribution in [0.1, 0.15) is 5.76 Å². The summed E-state index contributed by atoms with van der Waals surface area (Å²) in [6.07, 6.45) is 1.43. The number of benzene rings is 1. The number of thioether (sulfide) groups is 1. The highest BCUT2D eigenvalue weighted by atomic mass is 32.2. The maximum atomic E-state index is 12.6. The number of ether oxygens (including phenoxy) is 2. The highest BCUT2D eigenvalue weighted by molar-refractivity contribution is 7.99. The van der Waals surface area contributed by atoms with Crippen molar-refractivity contribution in [1.82, 2.24) is 19.7 Å². The number of fused-ring (bicyclic) bond motifs is 1. The molecule has 1 aliphatic rings. The van der Waals surface area contributed by atoms with Gasteiger partial charge in [0.25, 0.3) is 0 Å². The molecule has 152 valence electrons. The van der Waals surface area contributed by atoms with Crippen LogP contribution < -0.4 is 9.47 Å². The Balaban J connectivity index is 1.32. The second-order valence-electron chi connectivity index (χ2n) is 6.82. The van der Waals surface area contributed by atoms with Crippen LogP contribution in [0.4, 0.5) is 0 Å². The van der Waals surface area contributed by atoms with E-state index >= 15 is 0 Å². The third-order valence-electron chi connectivity index (χ3n) is 4.73. The lowest BCUT2D eigenvalue weighted by Crippen LogP contribution is -2.42. The first-order valence-electron chi connectivity index (χ1n) is 9.22. The highest BCUT2D eigenvalue weighted by Crippen LogP contribution is 2.31. The van der Waals surface area contributed by atoms with Crippen molar-refractivity contribution in [3.05, 3.63) is 42.4 Å². The molecule has 1 aromatic carbocycles. The number of para-hydroxylation sites is 2. The van der Waals surface area contributed by atoms with Crippen LogP contribution in [0.2, 0.25) is 0 Å². The predicted molar refractivity (Wildman–Crippen MR) is 108 cm³/mol. The summed E-state index contributed by atoms with van der Waals surface area (Å²) in [4.78, 5) is 14.2. The number of hydrogen-bond acceptors (Lipinski definition) is 7. The molecule has 9 heteroatoms. The van der Waals surface area contributed by atoms with Gasteiger partial charge >= 0.3 is 0 Å². The van der Waals surface area contributed by atoms with E-state index in [0.29, 0.717) is 29.9 Å². The van der Waals surface area contributed by atoms with Gasteiger partial charge in [0.2, 0.25) is 5.91 Å². The Morgan fingerprint density at radius 3 is 2.83 bits per heavy atom. The summed E-state index contributed by atoms with van der Waals surface area (Å²) in [5.41, 5.74) is 0.894. The van der Waals surface area contributed by atoms with Gasteiger partial charge < -0.3 is 23.4 Å². The summed E-state index contributed by atoms with van der Waals surface area (Å²) in [5.74, 6) is 3.19. The Bertz CT molecular complexity index is 1020. The molecule has 8 nitrogen and oxygen atoms in total. The first-order chi connectivity index (χ1) is 14.0. The van der Waals surface area contributed by atoms with Gasteiger partial charge in [-0.25, -0.2) is 0 Å². The normalized spacial score (nSPS) is 15.3. The van der Waals surface area contributed by atoms with E-state index in [9.17, 15) is 4.79 Å². The van der Waals surface area contributed by atoms with Crippen LogP contribution in [-0.4, -0.2) is 57.6 Å². The number of rotatable bonds is 6. The Labute approximate surface area is 172 Å². The Kier molecular flexibility index (Phi) is 5.48. The molecule has 0 aliphatic carbocycles. The van der Waals surface area contributed by atoms with Crippen LogP contribution in [0.25, 0.3) is 11.4 Å². The van der Waals surface area contributed by atoms with Crippen LogP contribution in [-0.2, 0) is 11.8 Å². The monoisotopic (exact) mass is 414 g/mol. The average Bonchev–Trinajstić information content (AvgIpc) is 3.30. The first kappa shape index (κ1) is 19.4. The molecule has 1 amide bonds. The van der Waals surface area contributed by atoms with Crippen molar-refractivity contribution in [3.8, 4) is 22.9 Å². The van der Waals surface area contributed by atoms with Crippen LogP contribution in [0, 0.1) is 6.92 Å². The Morgan fingerprint density at radius 2 is 2.07 bits per heavy atom. The number of amides is 1. The van der Waals surface area contributed by atoms with Crippen molar-refractivity contribution in [3.63, 3.8) is 0 Å². The maximum Gasteiger partial charge on any atom is 0.232 e. The van der Waals surface area contributed by atoms with Gasteiger partial charge in [-0.15, -0.1) is 10.2 Å². The van der Waals surface area contributed by atoms with E-state index in [4.69, 9.17) is 13.9 Å². The number of carbonyl (C=O) groups excluding carboxylic acids is 1. The van der Waals surface area contributed by atoms with E-state index in [-0.39, 0.29) is 17.8 Å². The standard InChI is InChI=1S/C20H22N4O4S/c1-13-15(8-9-26-13)19-21-22-20(24(19)3)29-12-18(25)23(2)10-14-11-27-16-6-4-5-7-17(16)28-14/h4-9,14H,10-12H2,1-3H3/t14-/m1/s1. The van der Waals surface area contributed by atoms with Crippen molar-refractivity contribution in [2.75, 3.05) is 26.0 Å². The van der Waals surface area contributed by atoms with Crippen molar-refractivity contribution < 1.29 is 18.7 Å². The van der Waals surface area contributed by atoms with Crippen LogP contribution >= 0.6 is 11.8 Å². The van der Waals surface area contributed by atoms with E-state index in [1.165, 1.54) is 11.8 Å². The molecule has 0 spiro atoms. The molecule has 0 N–H and O–H groups in total. The number of carbonyl (C=O) groups is 1. The quantitative estimate of drug-likeness (QED) is 0.574. The minimum absolute atomic E-state index is 0.0125. The SMILES string of the molecule is Cc1occc1-c1nnc(SCC(=O)N(C)C[C@@H]2COc3ccccc3O2)n1C. The Morgan fingerprint density at radius 1 is 1.28 bits per heavy atom. The molecule has 0 unspecified atom stereocenters. The van der Waals surface area contributed by atoms with E-state index < -0.39 is 0 Å². The number of likely N-dealkylation sites (N-methyl/N-ethyl adjacent to an activating group) is 1. The number of aryl methyl sites for hydroxylation is 1. The van der Waals surface area contributed by atoms with Gasteiger partial charge in [0.15, 0.2) is 28.6 Å². The fraction of sp³-hybridized carbons (Fsp3) is 0.350. The number of aromatic nitrogens is 3. The average molecular weight is 414 g/mol. The maximum absolute atomic E-state index is 12.6. The molecule has 3 heterocycles. The third kappa shape index (κ3) is 4.09. The van der Waals surface area contributed by atoms with Crippen molar-refractivity contribution >= 4 is 17.7 Å². The smallest absolute Gasteiger partial charge is 0.232 e. The van der Waals surface area contributed by atoms with E-state index in [1.54, 1.807) is 18.2 Å². The largest absolute Gasteiger partial charge is 0.486 e. The van der Waals surface area contributed by atoms with Gasteiger partial charge in [-0.1, -0.05) is 23.9 Å². The minimum atomic E-state index is -0.200. The number of furan rings is 1. The van der Waals surface area contributed by atoms with Gasteiger partial charge in [-0.2, -0.15) is 0 Å². The topological polar surface area (TPSA) is 82.6 Å². The summed E-state index contributed by atoms with van der Waals surface area (Å²) in [6.45, 7) is 2.75. The summed E-state index contributed by atoms with van der Waals surface area (Å²) in [5, 5.41) is 9.11. The van der Waals surface area contributed by atoms with Gasteiger partial charge in [-0.3, -0.25) is 4.79 Å². The first-order valence-corrected chi connectivity index (χ1v) is 10.2. The molecule has 0 fully saturated rings. The van der Waals surface area contributed by atoms with E-state index in [1.807, 2.05) is 48.9 Å². The summed E-state index contributed by atoms with van der Waals surface area (Å²) >= 11 is 1.35. The lowest BCUT2D eigenvalue weighted by atomic mass is 10.2. The molecular weight excluding hydrogens is 392 g/mol. The molecule has 2 aromatic heterocycles. The molecule has 0 saturated heterocycles. The van der Waals surface area contributed by atoms with Crippen molar-refractivity contribution in [2.24, 2.45) is 7.05 Å². The number of hydrogen-bond donors (Lipinski definition) is 0. The second kappa shape index (κ2) is 8.20. The fourth-order valence-electron chi connectivity index (χ4n) is 3.09. The molecule has 0 radical (unpaired) electrons. The Hall–Kier alpha value is -2.94. The van der Waals surface area contributed by atoms with Crippen molar-refractivity contribution in [1.29, 1.82) is 0 Å². The lowest BCUT2D eigenvalue weighted by molar-refractivity contribution is -0.128. The minimum Gasteiger partial charge on any atom is -0.486 e. The van der Waals surface area contributed by atoms with Crippen LogP contribution in [0.5, 0.6) is 11.5 Å². The highest BCUT2D eigenvalue weighted by Gasteiger charge is 2.24. The molecule has 3 aromatic rings. The molecular formula is C20H22N4O4S. The van der Waals surface area contributed by atoms with Gasteiger partial charge in [0.05, 0.1) is 24.1 Å². The lowest BCUT2D eigenvalue weighted by Gasteiger charge is -2.29. The summed E-state index contributed by atoms with van der Waals surface area (Å²) < 4.78 is 18.8. The summed E-state index contributed by atoms with van der Waals surface area (Å²) in [7, 11) is 3.65. The fourth-order valence-corrected chi connectivity index (χ4v) is 3.94. The van der Waals surface area contributed by atoms with Crippen LogP contribution in [0.15, 0.2) is 46.2 Å². The zero-order valence-electron chi connectivity index (χ0n) is 16.5. The molecule has 0 saturated carbocycles.